The summed E-state index contributed by atoms with van der Waals surface area (Å²) >= 11 is 0. The van der Waals surface area contributed by atoms with Gasteiger partial charge in [-0.1, -0.05) is 6.58 Å². The first-order valence-electron chi connectivity index (χ1n) is 4.86. The third-order valence-electron chi connectivity index (χ3n) is 1.94. The van der Waals surface area contributed by atoms with Crippen LogP contribution in [0.1, 0.15) is 5.56 Å². The van der Waals surface area contributed by atoms with Crippen molar-refractivity contribution in [2.24, 2.45) is 0 Å². The van der Waals surface area contributed by atoms with Crippen LogP contribution in [0.2, 0.25) is 0 Å². The maximum absolute atomic E-state index is 5.01. The highest BCUT2D eigenvalue weighted by molar-refractivity contribution is 5.09. The maximum atomic E-state index is 5.01. The van der Waals surface area contributed by atoms with Gasteiger partial charge in [0, 0.05) is 18.8 Å². The Hall–Kier alpha value is -1.35. The van der Waals surface area contributed by atoms with Crippen LogP contribution in [0, 0.1) is 0 Å². The number of hydrogen-bond acceptors (Lipinski definition) is 2. The molecule has 1 heterocycles. The van der Waals surface area contributed by atoms with Crippen LogP contribution in [0.4, 0.5) is 0 Å². The smallest absolute Gasteiger partial charge is 0.136 e. The first kappa shape index (κ1) is 10.7. The van der Waals surface area contributed by atoms with Gasteiger partial charge in [-0.2, -0.15) is 0 Å². The summed E-state index contributed by atoms with van der Waals surface area (Å²) in [6, 6.07) is 4.10. The summed E-state index contributed by atoms with van der Waals surface area (Å²) in [6.45, 7) is 6.29. The molecule has 0 amide bonds. The third kappa shape index (κ3) is 4.62. The minimum absolute atomic E-state index is 0.736. The molecule has 2 N–H and O–H groups in total. The number of nitrogens with zero attached hydrogens (tertiary/aromatic N) is 1. The Bertz CT molecular complexity index is 249. The van der Waals surface area contributed by atoms with E-state index in [0.29, 0.717) is 0 Å². The van der Waals surface area contributed by atoms with Gasteiger partial charge in [-0.15, -0.1) is 0 Å². The summed E-state index contributed by atoms with van der Waals surface area (Å²) in [4.78, 5) is 3.97. The first-order valence-corrected chi connectivity index (χ1v) is 4.86. The minimum Gasteiger partial charge on any atom is -0.496 e. The van der Waals surface area contributed by atoms with Crippen LogP contribution < -0.4 is 5.32 Å². The van der Waals surface area contributed by atoms with E-state index in [2.05, 4.69) is 16.9 Å². The van der Waals surface area contributed by atoms with Crippen molar-refractivity contribution >= 4 is 0 Å². The van der Waals surface area contributed by atoms with E-state index in [1.165, 1.54) is 11.8 Å². The van der Waals surface area contributed by atoms with Gasteiger partial charge in [0.2, 0.25) is 0 Å². The lowest BCUT2D eigenvalue weighted by atomic mass is 10.2. The van der Waals surface area contributed by atoms with Gasteiger partial charge in [0.1, 0.15) is 13.2 Å². The van der Waals surface area contributed by atoms with Crippen LogP contribution in [0.5, 0.6) is 0 Å². The van der Waals surface area contributed by atoms with Crippen molar-refractivity contribution in [3.63, 3.8) is 0 Å². The molecule has 1 aromatic heterocycles. The Morgan fingerprint density at radius 1 is 1.36 bits per heavy atom. The predicted molar refractivity (Wildman–Crippen MR) is 55.7 cm³/mol. The van der Waals surface area contributed by atoms with Crippen molar-refractivity contribution < 1.29 is 10.1 Å². The van der Waals surface area contributed by atoms with Gasteiger partial charge in [0.05, 0.1) is 12.8 Å². The normalized spacial score (nSPS) is 9.71. The molecule has 0 aliphatic heterocycles. The second-order valence-corrected chi connectivity index (χ2v) is 3.01. The van der Waals surface area contributed by atoms with Crippen LogP contribution >= 0.6 is 0 Å². The third-order valence-corrected chi connectivity index (χ3v) is 1.94. The van der Waals surface area contributed by atoms with Crippen molar-refractivity contribution in [1.82, 2.24) is 4.98 Å². The lowest BCUT2D eigenvalue weighted by Gasteiger charge is -2.01. The van der Waals surface area contributed by atoms with Gasteiger partial charge in [-0.25, -0.2) is 0 Å². The molecule has 1 rings (SSSR count). The van der Waals surface area contributed by atoms with Crippen molar-refractivity contribution in [2.75, 3.05) is 19.7 Å². The highest BCUT2D eigenvalue weighted by Gasteiger charge is 1.93. The number of rotatable bonds is 7. The van der Waals surface area contributed by atoms with E-state index in [4.69, 9.17) is 4.74 Å². The van der Waals surface area contributed by atoms with Crippen molar-refractivity contribution in [3.8, 4) is 0 Å². The Labute approximate surface area is 84.8 Å². The average molecular weight is 193 g/mol. The van der Waals surface area contributed by atoms with E-state index in [0.717, 1.165) is 26.1 Å². The molecule has 0 fully saturated rings. The number of ether oxygens (including phenoxy) is 1. The lowest BCUT2D eigenvalue weighted by Crippen LogP contribution is -2.85. The quantitative estimate of drug-likeness (QED) is 0.501. The Balaban J connectivity index is 2.02. The van der Waals surface area contributed by atoms with Gasteiger partial charge in [-0.05, 0) is 17.7 Å². The number of hydrogen-bond donors (Lipinski definition) is 1. The molecule has 3 nitrogen and oxygen atoms in total. The van der Waals surface area contributed by atoms with Crippen LogP contribution in [0.15, 0.2) is 37.4 Å². The second kappa shape index (κ2) is 7.09. The van der Waals surface area contributed by atoms with E-state index in [-0.39, 0.29) is 0 Å². The molecule has 14 heavy (non-hydrogen) atoms. The molecule has 0 spiro atoms. The van der Waals surface area contributed by atoms with Crippen LogP contribution in [-0.2, 0) is 11.2 Å². The summed E-state index contributed by atoms with van der Waals surface area (Å²) in [7, 11) is 0. The zero-order valence-corrected chi connectivity index (χ0v) is 8.36. The van der Waals surface area contributed by atoms with Gasteiger partial charge < -0.3 is 10.1 Å². The molecule has 1 aromatic rings. The fraction of sp³-hybridized carbons (Fsp3) is 0.364. The molecule has 0 atom stereocenters. The van der Waals surface area contributed by atoms with Gasteiger partial charge >= 0.3 is 0 Å². The van der Waals surface area contributed by atoms with Gasteiger partial charge in [0.15, 0.2) is 0 Å². The molecule has 0 aliphatic carbocycles. The monoisotopic (exact) mass is 193 g/mol. The fourth-order valence-corrected chi connectivity index (χ4v) is 1.20. The first-order chi connectivity index (χ1) is 6.93. The van der Waals surface area contributed by atoms with Crippen LogP contribution in [0.25, 0.3) is 0 Å². The van der Waals surface area contributed by atoms with E-state index in [9.17, 15) is 0 Å². The van der Waals surface area contributed by atoms with Crippen LogP contribution in [0.3, 0.4) is 0 Å². The molecule has 0 saturated heterocycles. The van der Waals surface area contributed by atoms with E-state index >= 15 is 0 Å². The van der Waals surface area contributed by atoms with Crippen molar-refractivity contribution in [3.05, 3.63) is 42.9 Å². The zero-order chi connectivity index (χ0) is 10.1. The summed E-state index contributed by atoms with van der Waals surface area (Å²) in [5, 5.41) is 2.24. The molecular formula is C11H17N2O+. The number of quaternary nitrogens is 1. The lowest BCUT2D eigenvalue weighted by molar-refractivity contribution is -0.655. The number of nitrogens with two attached hydrogens (primary N) is 1. The molecule has 0 saturated carbocycles. The highest BCUT2D eigenvalue weighted by Crippen LogP contribution is 1.94. The summed E-state index contributed by atoms with van der Waals surface area (Å²) in [5.74, 6) is 0. The molecule has 0 unspecified atom stereocenters. The number of pyridine rings is 1. The summed E-state index contributed by atoms with van der Waals surface area (Å²) < 4.78 is 5.01. The molecule has 3 heteroatoms. The standard InChI is InChI=1S/C11H16N2O/c1-2-14-10-9-13-8-5-11-3-6-12-7-4-11/h2-4,6-7,13H,1,5,8-10H2/p+1. The molecule has 76 valence electrons. The molecule has 0 bridgehead atoms. The Morgan fingerprint density at radius 3 is 2.86 bits per heavy atom. The fourth-order valence-electron chi connectivity index (χ4n) is 1.20. The Morgan fingerprint density at radius 2 is 2.14 bits per heavy atom. The SMILES string of the molecule is C=COCC[NH2+]CCc1ccncc1. The van der Waals surface area contributed by atoms with Gasteiger partial charge in [0.25, 0.3) is 0 Å². The van der Waals surface area contributed by atoms with E-state index in [1.54, 1.807) is 0 Å². The maximum Gasteiger partial charge on any atom is 0.136 e. The van der Waals surface area contributed by atoms with Gasteiger partial charge in [-0.3, -0.25) is 4.98 Å². The zero-order valence-electron chi connectivity index (χ0n) is 8.36. The van der Waals surface area contributed by atoms with Crippen molar-refractivity contribution in [1.29, 1.82) is 0 Å². The largest absolute Gasteiger partial charge is 0.496 e. The number of aromatic nitrogens is 1. The summed E-state index contributed by atoms with van der Waals surface area (Å²) in [6.07, 6.45) is 6.22. The predicted octanol–water partition coefficient (Wildman–Crippen LogP) is 0.348. The molecule has 0 radical (unpaired) electrons. The van der Waals surface area contributed by atoms with Crippen molar-refractivity contribution in [2.45, 2.75) is 6.42 Å². The summed E-state index contributed by atoms with van der Waals surface area (Å²) in [5.41, 5.74) is 1.33. The van der Waals surface area contributed by atoms with E-state index in [1.807, 2.05) is 24.5 Å². The van der Waals surface area contributed by atoms with E-state index < -0.39 is 0 Å². The topological polar surface area (TPSA) is 38.7 Å². The molecular weight excluding hydrogens is 176 g/mol. The van der Waals surface area contributed by atoms with Crippen LogP contribution in [-0.4, -0.2) is 24.7 Å². The minimum atomic E-state index is 0.736. The highest BCUT2D eigenvalue weighted by atomic mass is 16.5. The molecule has 0 aliphatic rings. The Kier molecular flexibility index (Phi) is 5.43. The second-order valence-electron chi connectivity index (χ2n) is 3.01. The molecule has 0 aromatic carbocycles. The average Bonchev–Trinajstić information content (AvgIpc) is 2.25.